The number of carboxylic acid groups (broad SMARTS) is 2. The second-order valence-electron chi connectivity index (χ2n) is 9.22. The average Bonchev–Trinajstić information content (AvgIpc) is 3.62. The summed E-state index contributed by atoms with van der Waals surface area (Å²) in [6.07, 6.45) is 2.56. The van der Waals surface area contributed by atoms with Gasteiger partial charge in [0.15, 0.2) is 5.92 Å². The van der Waals surface area contributed by atoms with E-state index >= 15 is 0 Å². The lowest BCUT2D eigenvalue weighted by atomic mass is 10.0. The third-order valence-electron chi connectivity index (χ3n) is 6.47. The van der Waals surface area contributed by atoms with Gasteiger partial charge < -0.3 is 15.5 Å². The molecule has 0 spiro atoms. The van der Waals surface area contributed by atoms with Gasteiger partial charge in [0.2, 0.25) is 10.0 Å². The summed E-state index contributed by atoms with van der Waals surface area (Å²) in [4.78, 5) is 35.5. The molecule has 13 heteroatoms. The van der Waals surface area contributed by atoms with Gasteiger partial charge in [0.25, 0.3) is 5.91 Å². The molecular weight excluding hydrogens is 580 g/mol. The number of halogens is 1. The number of aliphatic carboxylic acids is 2. The maximum atomic E-state index is 13.0. The molecule has 1 heterocycles. The van der Waals surface area contributed by atoms with Gasteiger partial charge in [-0.05, 0) is 73.6 Å². The number of nitrogens with zero attached hydrogens (tertiary/aromatic N) is 3. The number of hydrogen-bond acceptors (Lipinski definition) is 6. The number of sulfonamides is 1. The Morgan fingerprint density at radius 1 is 1.16 bits per heavy atom. The van der Waals surface area contributed by atoms with E-state index in [0.717, 1.165) is 29.1 Å². The summed E-state index contributed by atoms with van der Waals surface area (Å²) in [7, 11) is -2.29. The lowest BCUT2D eigenvalue weighted by Gasteiger charge is -2.25. The van der Waals surface area contributed by atoms with Crippen molar-refractivity contribution in [2.45, 2.75) is 31.6 Å². The maximum Gasteiger partial charge on any atom is 0.317 e. The number of carbonyl (C=O) groups is 3. The molecule has 1 aromatic heterocycles. The van der Waals surface area contributed by atoms with Crippen LogP contribution in [0.4, 0.5) is 5.69 Å². The highest BCUT2D eigenvalue weighted by atomic mass is 79.9. The van der Waals surface area contributed by atoms with Gasteiger partial charge in [0.05, 0.1) is 23.1 Å². The summed E-state index contributed by atoms with van der Waals surface area (Å²) in [5.41, 5.74) is 2.51. The Labute approximate surface area is 227 Å². The van der Waals surface area contributed by atoms with Crippen molar-refractivity contribution in [1.29, 1.82) is 0 Å². The second-order valence-corrected chi connectivity index (χ2v) is 12.0. The van der Waals surface area contributed by atoms with Crippen molar-refractivity contribution in [2.75, 3.05) is 24.2 Å². The van der Waals surface area contributed by atoms with Crippen LogP contribution in [-0.2, 0) is 19.6 Å². The Balaban J connectivity index is 1.83. The van der Waals surface area contributed by atoms with E-state index in [1.54, 1.807) is 18.2 Å². The van der Waals surface area contributed by atoms with Gasteiger partial charge in [-0.3, -0.25) is 18.7 Å². The van der Waals surface area contributed by atoms with E-state index in [4.69, 9.17) is 0 Å². The molecule has 1 saturated carbocycles. The minimum Gasteiger partial charge on any atom is -0.481 e. The van der Waals surface area contributed by atoms with Crippen LogP contribution >= 0.6 is 15.9 Å². The van der Waals surface area contributed by atoms with Gasteiger partial charge in [-0.2, -0.15) is 5.10 Å². The van der Waals surface area contributed by atoms with Crippen molar-refractivity contribution in [3.05, 3.63) is 52.1 Å². The Hall–Kier alpha value is -3.45. The first-order chi connectivity index (χ1) is 17.9. The van der Waals surface area contributed by atoms with Gasteiger partial charge in [0, 0.05) is 23.5 Å². The predicted octanol–water partition coefficient (Wildman–Crippen LogP) is 3.36. The summed E-state index contributed by atoms with van der Waals surface area (Å²) in [5, 5.41) is 26.2. The van der Waals surface area contributed by atoms with Crippen molar-refractivity contribution in [2.24, 2.45) is 5.92 Å². The zero-order valence-corrected chi connectivity index (χ0v) is 23.1. The van der Waals surface area contributed by atoms with Crippen LogP contribution in [0.15, 0.2) is 40.9 Å². The molecule has 38 heavy (non-hydrogen) atoms. The quantitative estimate of drug-likeness (QED) is 0.280. The lowest BCUT2D eigenvalue weighted by Crippen LogP contribution is -2.33. The van der Waals surface area contributed by atoms with Crippen LogP contribution in [0.2, 0.25) is 0 Å². The van der Waals surface area contributed by atoms with Gasteiger partial charge in [-0.25, -0.2) is 13.1 Å². The third-order valence-corrected chi connectivity index (χ3v) is 8.18. The number of benzene rings is 2. The maximum absolute atomic E-state index is 13.0. The highest BCUT2D eigenvalue weighted by Crippen LogP contribution is 2.46. The topological polar surface area (TPSA) is 159 Å². The van der Waals surface area contributed by atoms with Gasteiger partial charge >= 0.3 is 11.9 Å². The first kappa shape index (κ1) is 27.6. The van der Waals surface area contributed by atoms with Crippen molar-refractivity contribution in [1.82, 2.24) is 15.1 Å². The third kappa shape index (κ3) is 5.68. The monoisotopic (exact) mass is 606 g/mol. The molecule has 0 bridgehead atoms. The van der Waals surface area contributed by atoms with Crippen molar-refractivity contribution < 1.29 is 33.0 Å². The molecular formula is C25H27BrN4O7S. The Morgan fingerprint density at radius 2 is 1.79 bits per heavy atom. The van der Waals surface area contributed by atoms with E-state index in [2.05, 4.69) is 26.3 Å². The zero-order valence-electron chi connectivity index (χ0n) is 20.7. The van der Waals surface area contributed by atoms with E-state index in [9.17, 15) is 33.0 Å². The van der Waals surface area contributed by atoms with E-state index in [0.29, 0.717) is 28.0 Å². The van der Waals surface area contributed by atoms with Crippen LogP contribution < -0.4 is 9.62 Å². The van der Waals surface area contributed by atoms with Gasteiger partial charge in [-0.15, -0.1) is 0 Å². The van der Waals surface area contributed by atoms with Crippen LogP contribution in [0.1, 0.15) is 47.7 Å². The van der Waals surface area contributed by atoms with Gasteiger partial charge in [-0.1, -0.05) is 15.9 Å². The fourth-order valence-corrected chi connectivity index (χ4v) is 5.68. The molecule has 0 aliphatic heterocycles. The summed E-state index contributed by atoms with van der Waals surface area (Å²) >= 11 is 3.40. The van der Waals surface area contributed by atoms with Crippen molar-refractivity contribution in [3.63, 3.8) is 0 Å². The number of fused-ring (bicyclic) bond motifs is 1. The molecule has 0 saturated heterocycles. The number of aromatic nitrogens is 2. The Morgan fingerprint density at radius 3 is 2.32 bits per heavy atom. The summed E-state index contributed by atoms with van der Waals surface area (Å²) < 4.78 is 29.3. The smallest absolute Gasteiger partial charge is 0.317 e. The summed E-state index contributed by atoms with van der Waals surface area (Å²) in [5.74, 6) is -4.82. The second kappa shape index (κ2) is 10.7. The molecule has 0 radical (unpaired) electrons. The molecule has 1 amide bonds. The number of anilines is 1. The fourth-order valence-electron chi connectivity index (χ4n) is 4.44. The molecule has 0 unspecified atom stereocenters. The number of carbonyl (C=O) groups excluding carboxylic acids is 1. The molecule has 1 fully saturated rings. The normalized spacial score (nSPS) is 13.6. The lowest BCUT2D eigenvalue weighted by molar-refractivity contribution is -0.154. The SMILES string of the molecule is CNC(=O)c1c2cc(C3CC3)c(N(CCCC(C(=O)O)C(=O)O)S(C)(=O)=O)cc2nn1-c1ccc(Br)cc1. The van der Waals surface area contributed by atoms with Crippen LogP contribution in [0, 0.1) is 5.92 Å². The first-order valence-electron chi connectivity index (χ1n) is 11.9. The van der Waals surface area contributed by atoms with E-state index in [-0.39, 0.29) is 31.2 Å². The zero-order chi connectivity index (χ0) is 27.8. The number of amides is 1. The number of hydrogen-bond donors (Lipinski definition) is 3. The fraction of sp³-hybridized carbons (Fsp3) is 0.360. The first-order valence-corrected chi connectivity index (χ1v) is 14.5. The van der Waals surface area contributed by atoms with Gasteiger partial charge in [0.1, 0.15) is 5.69 Å². The molecule has 11 nitrogen and oxygen atoms in total. The number of nitrogens with one attached hydrogen (secondary N) is 1. The summed E-state index contributed by atoms with van der Waals surface area (Å²) in [6, 6.07) is 10.7. The van der Waals surface area contributed by atoms with Crippen LogP contribution in [0.5, 0.6) is 0 Å². The summed E-state index contributed by atoms with van der Waals surface area (Å²) in [6.45, 7) is -0.100. The Bertz CT molecular complexity index is 1500. The van der Waals surface area contributed by atoms with Crippen LogP contribution in [0.3, 0.4) is 0 Å². The average molecular weight is 607 g/mol. The molecule has 4 rings (SSSR count). The van der Waals surface area contributed by atoms with Crippen molar-refractivity contribution >= 4 is 60.4 Å². The van der Waals surface area contributed by atoms with E-state index < -0.39 is 27.9 Å². The molecule has 0 atom stereocenters. The van der Waals surface area contributed by atoms with E-state index in [1.165, 1.54) is 16.0 Å². The minimum absolute atomic E-state index is 0.0231. The molecule has 1 aliphatic carbocycles. The highest BCUT2D eigenvalue weighted by Gasteiger charge is 2.33. The Kier molecular flexibility index (Phi) is 7.79. The molecule has 1 aliphatic rings. The number of carboxylic acids is 2. The molecule has 3 N–H and O–H groups in total. The highest BCUT2D eigenvalue weighted by molar-refractivity contribution is 9.10. The largest absolute Gasteiger partial charge is 0.481 e. The number of rotatable bonds is 11. The minimum atomic E-state index is -3.82. The van der Waals surface area contributed by atoms with E-state index in [1.807, 2.05) is 18.2 Å². The predicted molar refractivity (Wildman–Crippen MR) is 144 cm³/mol. The van der Waals surface area contributed by atoms with Crippen molar-refractivity contribution in [3.8, 4) is 5.69 Å². The molecule has 2 aromatic carbocycles. The standard InChI is InChI=1S/C25H27BrN4O7S/c1-27-23(31)22-19-12-18(14-5-6-14)21(13-20(19)28-30(22)16-9-7-15(26)8-10-16)29(38(2,36)37)11-3-4-17(24(32)33)25(34)35/h7-10,12-14,17H,3-6,11H2,1-2H3,(H,27,31)(H,32,33)(H,34,35). The molecule has 202 valence electrons. The van der Waals surface area contributed by atoms with Crippen LogP contribution in [-0.4, -0.2) is 66.1 Å². The molecule has 3 aromatic rings. The van der Waals surface area contributed by atoms with Crippen LogP contribution in [0.25, 0.3) is 16.6 Å².